The van der Waals surface area contributed by atoms with E-state index in [2.05, 4.69) is 33.2 Å². The second-order valence-corrected chi connectivity index (χ2v) is 8.51. The number of carbonyl (C=O) groups is 2. The van der Waals surface area contributed by atoms with Crippen LogP contribution in [0.25, 0.3) is 0 Å². The van der Waals surface area contributed by atoms with Gasteiger partial charge in [-0.2, -0.15) is 0 Å². The van der Waals surface area contributed by atoms with Crippen LogP contribution in [0.3, 0.4) is 0 Å². The lowest BCUT2D eigenvalue weighted by Crippen LogP contribution is -2.53. The second kappa shape index (κ2) is 11.7. The number of nitrogens with one attached hydrogen (secondary N) is 3. The fourth-order valence-electron chi connectivity index (χ4n) is 3.51. The van der Waals surface area contributed by atoms with Crippen LogP contribution in [0.1, 0.15) is 41.0 Å². The minimum atomic E-state index is -0.653. The molecular formula is C21H28ClN5O3S. The van der Waals surface area contributed by atoms with Gasteiger partial charge in [0.1, 0.15) is 6.04 Å². The van der Waals surface area contributed by atoms with E-state index in [0.29, 0.717) is 23.8 Å². The van der Waals surface area contributed by atoms with Gasteiger partial charge in [0.15, 0.2) is 5.84 Å². The van der Waals surface area contributed by atoms with E-state index in [4.69, 9.17) is 10.9 Å². The molecule has 2 amide bonds. The molecule has 0 aliphatic carbocycles. The van der Waals surface area contributed by atoms with Gasteiger partial charge in [0.05, 0.1) is 17.5 Å². The van der Waals surface area contributed by atoms with Crippen molar-refractivity contribution in [1.82, 2.24) is 16.0 Å². The van der Waals surface area contributed by atoms with E-state index < -0.39 is 6.04 Å². The molecule has 1 aliphatic heterocycles. The lowest BCUT2D eigenvalue weighted by molar-refractivity contribution is -0.130. The summed E-state index contributed by atoms with van der Waals surface area (Å²) in [6, 6.07) is 12.8. The molecule has 0 spiro atoms. The highest BCUT2D eigenvalue weighted by Crippen LogP contribution is 2.27. The minimum absolute atomic E-state index is 0. The summed E-state index contributed by atoms with van der Waals surface area (Å²) in [6.45, 7) is 2.74. The number of hydrogen-bond donors (Lipinski definition) is 5. The molecule has 1 saturated heterocycles. The molecule has 0 saturated carbocycles. The Morgan fingerprint density at radius 3 is 2.74 bits per heavy atom. The highest BCUT2D eigenvalue weighted by atomic mass is 35.5. The molecule has 1 aliphatic rings. The molecule has 31 heavy (non-hydrogen) atoms. The summed E-state index contributed by atoms with van der Waals surface area (Å²) >= 11 is 1.33. The maximum absolute atomic E-state index is 12.7. The summed E-state index contributed by atoms with van der Waals surface area (Å²) in [5.74, 6) is -0.0663. The topological polar surface area (TPSA) is 129 Å². The summed E-state index contributed by atoms with van der Waals surface area (Å²) in [5.41, 5.74) is 6.79. The summed E-state index contributed by atoms with van der Waals surface area (Å²) in [4.78, 5) is 26.5. The van der Waals surface area contributed by atoms with E-state index in [9.17, 15) is 9.59 Å². The van der Waals surface area contributed by atoms with Crippen molar-refractivity contribution in [3.63, 3.8) is 0 Å². The summed E-state index contributed by atoms with van der Waals surface area (Å²) in [7, 11) is 0. The molecule has 8 nitrogen and oxygen atoms in total. The van der Waals surface area contributed by atoms with Crippen LogP contribution < -0.4 is 21.7 Å². The number of oxime groups is 1. The quantitative estimate of drug-likeness (QED) is 0.185. The van der Waals surface area contributed by atoms with Gasteiger partial charge in [-0.3, -0.25) is 9.59 Å². The van der Waals surface area contributed by atoms with Crippen molar-refractivity contribution in [2.24, 2.45) is 10.9 Å². The van der Waals surface area contributed by atoms with Crippen molar-refractivity contribution < 1.29 is 14.8 Å². The fourth-order valence-corrected chi connectivity index (χ4v) is 4.36. The fraction of sp³-hybridized carbons (Fsp3) is 0.381. The Balaban J connectivity index is 0.00000341. The molecule has 3 rings (SSSR count). The number of hydrogen-bond acceptors (Lipinski definition) is 6. The van der Waals surface area contributed by atoms with Crippen molar-refractivity contribution >= 4 is 41.4 Å². The number of amidine groups is 1. The SMILES string of the molecule is C[C@H](NC(=O)[C@H]1C[C@@H](c2ccccc2)CCN1)C(=O)NCc1ccc(C(N)=NO)s1.Cl. The Hall–Kier alpha value is -2.62. The van der Waals surface area contributed by atoms with Crippen molar-refractivity contribution in [3.05, 3.63) is 57.8 Å². The first-order valence-electron chi connectivity index (χ1n) is 9.91. The lowest BCUT2D eigenvalue weighted by Gasteiger charge is -2.30. The molecule has 1 aromatic heterocycles. The third-order valence-electron chi connectivity index (χ3n) is 5.20. The van der Waals surface area contributed by atoms with E-state index >= 15 is 0 Å². The number of halogens is 1. The zero-order valence-corrected chi connectivity index (χ0v) is 18.8. The minimum Gasteiger partial charge on any atom is -0.409 e. The van der Waals surface area contributed by atoms with Crippen LogP contribution in [-0.2, 0) is 16.1 Å². The predicted octanol–water partition coefficient (Wildman–Crippen LogP) is 1.92. The van der Waals surface area contributed by atoms with E-state index in [0.717, 1.165) is 17.8 Å². The molecule has 0 bridgehead atoms. The van der Waals surface area contributed by atoms with Gasteiger partial charge < -0.3 is 26.9 Å². The molecule has 1 fully saturated rings. The Morgan fingerprint density at radius 2 is 2.03 bits per heavy atom. The number of nitrogens with two attached hydrogens (primary N) is 1. The largest absolute Gasteiger partial charge is 0.409 e. The third-order valence-corrected chi connectivity index (χ3v) is 6.31. The molecule has 0 unspecified atom stereocenters. The first-order valence-corrected chi connectivity index (χ1v) is 10.7. The van der Waals surface area contributed by atoms with Crippen molar-refractivity contribution in [1.29, 1.82) is 0 Å². The molecule has 6 N–H and O–H groups in total. The first-order chi connectivity index (χ1) is 14.5. The van der Waals surface area contributed by atoms with Crippen LogP contribution in [0.5, 0.6) is 0 Å². The van der Waals surface area contributed by atoms with Crippen LogP contribution in [-0.4, -0.2) is 41.5 Å². The normalized spacial score (nSPS) is 19.7. The lowest BCUT2D eigenvalue weighted by atomic mass is 9.86. The van der Waals surface area contributed by atoms with E-state index in [1.807, 2.05) is 18.2 Å². The number of thiophene rings is 1. The van der Waals surface area contributed by atoms with Crippen molar-refractivity contribution in [2.45, 2.75) is 44.3 Å². The Morgan fingerprint density at radius 1 is 1.29 bits per heavy atom. The van der Waals surface area contributed by atoms with E-state index in [1.54, 1.807) is 19.1 Å². The van der Waals surface area contributed by atoms with Crippen LogP contribution >= 0.6 is 23.7 Å². The van der Waals surface area contributed by atoms with Gasteiger partial charge in [0.2, 0.25) is 11.8 Å². The maximum atomic E-state index is 12.7. The predicted molar refractivity (Wildman–Crippen MR) is 124 cm³/mol. The van der Waals surface area contributed by atoms with Gasteiger partial charge in [-0.1, -0.05) is 35.5 Å². The number of nitrogens with zero attached hydrogens (tertiary/aromatic N) is 1. The number of benzene rings is 1. The Bertz CT molecular complexity index is 905. The average Bonchev–Trinajstić information content (AvgIpc) is 3.26. The van der Waals surface area contributed by atoms with Gasteiger partial charge in [0, 0.05) is 4.88 Å². The highest BCUT2D eigenvalue weighted by molar-refractivity contribution is 7.14. The number of carbonyl (C=O) groups excluding carboxylic acids is 2. The van der Waals surface area contributed by atoms with Crippen molar-refractivity contribution in [2.75, 3.05) is 6.54 Å². The molecule has 2 heterocycles. The Kier molecular flexibility index (Phi) is 9.29. The number of rotatable bonds is 7. The van der Waals surface area contributed by atoms with Crippen LogP contribution in [0.2, 0.25) is 0 Å². The Labute approximate surface area is 191 Å². The molecule has 3 atom stereocenters. The second-order valence-electron chi connectivity index (χ2n) is 7.34. The third kappa shape index (κ3) is 6.68. The zero-order chi connectivity index (χ0) is 21.5. The smallest absolute Gasteiger partial charge is 0.242 e. The first kappa shape index (κ1) is 24.6. The highest BCUT2D eigenvalue weighted by Gasteiger charge is 2.29. The molecule has 0 radical (unpaired) electrons. The zero-order valence-electron chi connectivity index (χ0n) is 17.2. The average molecular weight is 466 g/mol. The molecule has 2 aromatic rings. The van der Waals surface area contributed by atoms with Gasteiger partial charge in [-0.05, 0) is 49.9 Å². The molecule has 10 heteroatoms. The van der Waals surface area contributed by atoms with Crippen LogP contribution in [0, 0.1) is 0 Å². The van der Waals surface area contributed by atoms with Crippen molar-refractivity contribution in [3.8, 4) is 0 Å². The van der Waals surface area contributed by atoms with Gasteiger partial charge in [-0.25, -0.2) is 0 Å². The van der Waals surface area contributed by atoms with Gasteiger partial charge >= 0.3 is 0 Å². The van der Waals surface area contributed by atoms with Gasteiger partial charge in [0.25, 0.3) is 0 Å². The van der Waals surface area contributed by atoms with E-state index in [1.165, 1.54) is 16.9 Å². The number of piperidine rings is 1. The standard InChI is InChI=1S/C21H27N5O3S.ClH/c1-13(20(27)24-12-16-7-8-18(30-16)19(22)26-29)25-21(28)17-11-15(9-10-23-17)14-5-3-2-4-6-14;/h2-8,13,15,17,23,29H,9-12H2,1H3,(H2,22,26)(H,24,27)(H,25,28);1H/t13-,15-,17+;/m0./s1. The van der Waals surface area contributed by atoms with Crippen LogP contribution in [0.15, 0.2) is 47.6 Å². The maximum Gasteiger partial charge on any atom is 0.242 e. The summed E-state index contributed by atoms with van der Waals surface area (Å²) < 4.78 is 0. The molecular weight excluding hydrogens is 438 g/mol. The monoisotopic (exact) mass is 465 g/mol. The summed E-state index contributed by atoms with van der Waals surface area (Å²) in [5, 5.41) is 20.5. The van der Waals surface area contributed by atoms with Gasteiger partial charge in [-0.15, -0.1) is 23.7 Å². The van der Waals surface area contributed by atoms with E-state index in [-0.39, 0.29) is 36.1 Å². The van der Waals surface area contributed by atoms with Crippen LogP contribution in [0.4, 0.5) is 0 Å². The molecule has 168 valence electrons. The number of amides is 2. The summed E-state index contributed by atoms with van der Waals surface area (Å²) in [6.07, 6.45) is 1.69. The molecule has 1 aromatic carbocycles.